The third kappa shape index (κ3) is 81.9. The van der Waals surface area contributed by atoms with Crippen molar-refractivity contribution in [1.29, 1.82) is 0 Å². The van der Waals surface area contributed by atoms with Gasteiger partial charge in [-0.05, 0) is 31.6 Å². The molecule has 5 atom stereocenters. The molecule has 0 rings (SSSR count). The Labute approximate surface area is 658 Å². The number of unbranched alkanes of at least 4 members (excludes halogenated alkanes) is 60. The Bertz CT molecular complexity index is 2030. The summed E-state index contributed by atoms with van der Waals surface area (Å²) in [6.45, 7) is 7.32. The second-order valence-corrected chi connectivity index (χ2v) is 35.0. The fourth-order valence-corrected chi connectivity index (χ4v) is 15.4. The lowest BCUT2D eigenvalue weighted by Gasteiger charge is -2.21. The topological polar surface area (TPSA) is 237 Å². The van der Waals surface area contributed by atoms with Gasteiger partial charge in [0.15, 0.2) is 12.2 Å². The SMILES string of the molecule is CCCCCCCCCCCCCCCCCCCCCCCC(=O)OC[C@H](COP(=O)(O)OC[C@@H](O)COP(=O)(O)OC[C@@H](COC(=O)CCCCCCCCCC(C)C)OC(=O)CCCCCCCCCCCCCCCCC)OC(=O)CCCCCCCCCCCCCCCCCCCCCCC. The maximum absolute atomic E-state index is 13.2. The Kier molecular flexibility index (Phi) is 79.2. The Hall–Kier alpha value is -1.94. The van der Waals surface area contributed by atoms with Crippen molar-refractivity contribution in [3.63, 3.8) is 0 Å². The van der Waals surface area contributed by atoms with Gasteiger partial charge in [0.05, 0.1) is 26.4 Å². The Balaban J connectivity index is 5.21. The molecule has 0 amide bonds. The third-order valence-corrected chi connectivity index (χ3v) is 22.7. The molecule has 0 aromatic rings. The highest BCUT2D eigenvalue weighted by Crippen LogP contribution is 2.45. The van der Waals surface area contributed by atoms with E-state index >= 15 is 0 Å². The number of carbonyl (C=O) groups excluding carboxylic acids is 4. The highest BCUT2D eigenvalue weighted by molar-refractivity contribution is 7.47. The van der Waals surface area contributed by atoms with Crippen LogP contribution in [0.25, 0.3) is 0 Å². The molecular weight excluding hydrogens is 1390 g/mol. The molecule has 636 valence electrons. The lowest BCUT2D eigenvalue weighted by molar-refractivity contribution is -0.161. The van der Waals surface area contributed by atoms with Gasteiger partial charge < -0.3 is 33.8 Å². The van der Waals surface area contributed by atoms with Gasteiger partial charge in [0, 0.05) is 25.7 Å². The van der Waals surface area contributed by atoms with Gasteiger partial charge in [-0.2, -0.15) is 0 Å². The van der Waals surface area contributed by atoms with E-state index < -0.39 is 97.5 Å². The predicted octanol–water partition coefficient (Wildman–Crippen LogP) is 27.2. The number of rotatable bonds is 88. The van der Waals surface area contributed by atoms with Crippen molar-refractivity contribution in [2.45, 2.75) is 496 Å². The van der Waals surface area contributed by atoms with Crippen LogP contribution < -0.4 is 0 Å². The lowest BCUT2D eigenvalue weighted by Crippen LogP contribution is -2.30. The van der Waals surface area contributed by atoms with Gasteiger partial charge in [-0.15, -0.1) is 0 Å². The second-order valence-electron chi connectivity index (χ2n) is 32.1. The van der Waals surface area contributed by atoms with Crippen LogP contribution in [0.15, 0.2) is 0 Å². The van der Waals surface area contributed by atoms with E-state index in [1.54, 1.807) is 0 Å². The van der Waals surface area contributed by atoms with Crippen LogP contribution in [0.2, 0.25) is 0 Å². The van der Waals surface area contributed by atoms with Gasteiger partial charge in [0.1, 0.15) is 19.3 Å². The summed E-state index contributed by atoms with van der Waals surface area (Å²) in [7, 11) is -9.93. The van der Waals surface area contributed by atoms with E-state index in [1.807, 2.05) is 0 Å². The maximum atomic E-state index is 13.2. The summed E-state index contributed by atoms with van der Waals surface area (Å²) in [5, 5.41) is 10.7. The van der Waals surface area contributed by atoms with E-state index in [2.05, 4.69) is 34.6 Å². The molecule has 0 aromatic carbocycles. The summed E-state index contributed by atoms with van der Waals surface area (Å²) in [6.07, 6.45) is 75.3. The lowest BCUT2D eigenvalue weighted by atomic mass is 10.0. The smallest absolute Gasteiger partial charge is 0.462 e. The second kappa shape index (κ2) is 80.7. The Morgan fingerprint density at radius 2 is 0.430 bits per heavy atom. The zero-order valence-corrected chi connectivity index (χ0v) is 72.1. The summed E-state index contributed by atoms with van der Waals surface area (Å²) < 4.78 is 68.9. The van der Waals surface area contributed by atoms with E-state index in [-0.39, 0.29) is 25.7 Å². The normalized spacial score (nSPS) is 13.7. The number of aliphatic hydroxyl groups is 1. The fourth-order valence-electron chi connectivity index (χ4n) is 13.8. The minimum absolute atomic E-state index is 0.108. The zero-order chi connectivity index (χ0) is 78.3. The highest BCUT2D eigenvalue weighted by Gasteiger charge is 2.30. The molecule has 0 aliphatic rings. The highest BCUT2D eigenvalue weighted by atomic mass is 31.2. The number of hydrogen-bond acceptors (Lipinski definition) is 15. The van der Waals surface area contributed by atoms with Gasteiger partial charge in [0.25, 0.3) is 0 Å². The van der Waals surface area contributed by atoms with Gasteiger partial charge >= 0.3 is 39.5 Å². The van der Waals surface area contributed by atoms with E-state index in [0.717, 1.165) is 96.3 Å². The van der Waals surface area contributed by atoms with E-state index in [1.165, 1.54) is 295 Å². The van der Waals surface area contributed by atoms with Crippen molar-refractivity contribution >= 4 is 39.5 Å². The number of esters is 4. The molecule has 0 aliphatic carbocycles. The molecule has 0 fully saturated rings. The Morgan fingerprint density at radius 3 is 0.636 bits per heavy atom. The summed E-state index contributed by atoms with van der Waals surface area (Å²) in [4.78, 5) is 73.3. The molecule has 0 bridgehead atoms. The Morgan fingerprint density at radius 1 is 0.252 bits per heavy atom. The molecule has 0 saturated heterocycles. The molecule has 0 radical (unpaired) electrons. The molecule has 0 aromatic heterocycles. The summed E-state index contributed by atoms with van der Waals surface area (Å²) in [5.74, 6) is -1.39. The first kappa shape index (κ1) is 105. The summed E-state index contributed by atoms with van der Waals surface area (Å²) >= 11 is 0. The number of ether oxygens (including phenoxy) is 4. The largest absolute Gasteiger partial charge is 0.472 e. The fraction of sp³-hybridized carbons (Fsp3) is 0.955. The van der Waals surface area contributed by atoms with Crippen LogP contribution in [0.5, 0.6) is 0 Å². The van der Waals surface area contributed by atoms with Crippen molar-refractivity contribution in [2.24, 2.45) is 5.92 Å². The molecule has 0 saturated carbocycles. The number of carbonyl (C=O) groups is 4. The average Bonchev–Trinajstić information content (AvgIpc) is 0.920. The van der Waals surface area contributed by atoms with Crippen LogP contribution in [0.1, 0.15) is 478 Å². The summed E-state index contributed by atoms with van der Waals surface area (Å²) in [6, 6.07) is 0. The molecule has 3 N–H and O–H groups in total. The van der Waals surface area contributed by atoms with Gasteiger partial charge in [0.2, 0.25) is 0 Å². The molecule has 17 nitrogen and oxygen atoms in total. The maximum Gasteiger partial charge on any atom is 0.472 e. The van der Waals surface area contributed by atoms with Crippen molar-refractivity contribution in [1.82, 2.24) is 0 Å². The predicted molar refractivity (Wildman–Crippen MR) is 442 cm³/mol. The van der Waals surface area contributed by atoms with Crippen LogP contribution in [0, 0.1) is 5.92 Å². The van der Waals surface area contributed by atoms with Gasteiger partial charge in [-0.1, -0.05) is 426 Å². The summed E-state index contributed by atoms with van der Waals surface area (Å²) in [5.41, 5.74) is 0. The van der Waals surface area contributed by atoms with Crippen molar-refractivity contribution in [3.05, 3.63) is 0 Å². The molecule has 2 unspecified atom stereocenters. The van der Waals surface area contributed by atoms with Crippen LogP contribution in [0.3, 0.4) is 0 Å². The van der Waals surface area contributed by atoms with Crippen molar-refractivity contribution in [3.8, 4) is 0 Å². The molecular formula is C88H172O17P2. The van der Waals surface area contributed by atoms with E-state index in [9.17, 15) is 43.2 Å². The van der Waals surface area contributed by atoms with Crippen molar-refractivity contribution < 1.29 is 80.2 Å². The number of phosphoric acid groups is 2. The molecule has 0 heterocycles. The van der Waals surface area contributed by atoms with Crippen LogP contribution in [-0.4, -0.2) is 96.7 Å². The number of aliphatic hydroxyl groups excluding tert-OH is 1. The standard InChI is InChI=1S/C88H172O17P2/c1-6-9-12-15-18-21-24-27-30-32-34-36-38-40-43-45-48-51-56-61-66-71-85(90)98-77-83(104-87(92)74-69-64-58-53-50-47-44-41-39-37-35-33-31-28-25-22-19-16-13-10-7-2)79-102-106(94,95)100-75-82(89)76-101-107(96,97)103-80-84(78-99-86(91)72-67-62-59-54-55-60-65-70-81(4)5)105-88(93)73-68-63-57-52-49-46-42-29-26-23-20-17-14-11-8-3/h81-84,89H,6-80H2,1-5H3,(H,94,95)(H,96,97)/t82-,83-,84-/m1/s1. The first-order valence-corrected chi connectivity index (χ1v) is 48.6. The van der Waals surface area contributed by atoms with Crippen molar-refractivity contribution in [2.75, 3.05) is 39.6 Å². The molecule has 0 spiro atoms. The zero-order valence-electron chi connectivity index (χ0n) is 70.3. The number of hydrogen-bond donors (Lipinski definition) is 3. The monoisotopic (exact) mass is 1560 g/mol. The molecule has 107 heavy (non-hydrogen) atoms. The van der Waals surface area contributed by atoms with Crippen LogP contribution in [0.4, 0.5) is 0 Å². The minimum atomic E-state index is -4.97. The first-order chi connectivity index (χ1) is 52.0. The van der Waals surface area contributed by atoms with Gasteiger partial charge in [-0.3, -0.25) is 37.3 Å². The average molecular weight is 1560 g/mol. The van der Waals surface area contributed by atoms with Gasteiger partial charge in [-0.25, -0.2) is 9.13 Å². The third-order valence-electron chi connectivity index (χ3n) is 20.8. The molecule has 0 aliphatic heterocycles. The van der Waals surface area contributed by atoms with Crippen LogP contribution >= 0.6 is 15.6 Å². The van der Waals surface area contributed by atoms with Crippen LogP contribution in [-0.2, 0) is 65.4 Å². The molecule has 19 heteroatoms. The minimum Gasteiger partial charge on any atom is -0.462 e. The quantitative estimate of drug-likeness (QED) is 0.0222. The van der Waals surface area contributed by atoms with E-state index in [4.69, 9.17) is 37.0 Å². The first-order valence-electron chi connectivity index (χ1n) is 45.6. The number of phosphoric ester groups is 2. The van der Waals surface area contributed by atoms with E-state index in [0.29, 0.717) is 31.6 Å².